The number of hydrogen-bond acceptors (Lipinski definition) is 3. The van der Waals surface area contributed by atoms with E-state index >= 15 is 0 Å². The quantitative estimate of drug-likeness (QED) is 0.752. The Bertz CT molecular complexity index is 503. The summed E-state index contributed by atoms with van der Waals surface area (Å²) in [6, 6.07) is 0. The van der Waals surface area contributed by atoms with Crippen LogP contribution in [0, 0.1) is 13.8 Å². The van der Waals surface area contributed by atoms with E-state index in [1.54, 1.807) is 13.8 Å². The number of nitrogens with zero attached hydrogens (tertiary/aromatic N) is 1. The Labute approximate surface area is 105 Å². The molecule has 0 aliphatic heterocycles. The molecule has 1 amide bonds. The summed E-state index contributed by atoms with van der Waals surface area (Å²) in [6.45, 7) is 4.80. The van der Waals surface area contributed by atoms with Gasteiger partial charge in [0.15, 0.2) is 6.29 Å². The Kier molecular flexibility index (Phi) is 4.25. The minimum atomic E-state index is -0.991. The van der Waals surface area contributed by atoms with Crippen LogP contribution in [0.25, 0.3) is 0 Å². The fourth-order valence-electron chi connectivity index (χ4n) is 1.94. The zero-order valence-electron chi connectivity index (χ0n) is 10.6. The van der Waals surface area contributed by atoms with Gasteiger partial charge in [0.25, 0.3) is 0 Å². The Morgan fingerprint density at radius 3 is 2.44 bits per heavy atom. The Hall–Kier alpha value is -2.11. The second kappa shape index (κ2) is 5.48. The van der Waals surface area contributed by atoms with Crippen LogP contribution in [0.5, 0.6) is 0 Å². The Morgan fingerprint density at radius 1 is 1.39 bits per heavy atom. The number of amides is 1. The molecular weight excluding hydrogens is 236 g/mol. The highest BCUT2D eigenvalue weighted by atomic mass is 16.4. The number of carboxylic acid groups (broad SMARTS) is 1. The van der Waals surface area contributed by atoms with Crippen molar-refractivity contribution < 1.29 is 19.5 Å². The third-order valence-electron chi connectivity index (χ3n) is 2.87. The summed E-state index contributed by atoms with van der Waals surface area (Å²) in [5, 5.41) is 11.5. The van der Waals surface area contributed by atoms with Gasteiger partial charge in [0, 0.05) is 23.9 Å². The van der Waals surface area contributed by atoms with E-state index < -0.39 is 5.97 Å². The minimum absolute atomic E-state index is 0.206. The fourth-order valence-corrected chi connectivity index (χ4v) is 1.94. The highest BCUT2D eigenvalue weighted by Crippen LogP contribution is 2.20. The first kappa shape index (κ1) is 14.0. The molecule has 0 unspecified atom stereocenters. The first-order valence-corrected chi connectivity index (χ1v) is 5.48. The van der Waals surface area contributed by atoms with Crippen LogP contribution in [-0.2, 0) is 22.7 Å². The van der Waals surface area contributed by atoms with Crippen LogP contribution < -0.4 is 5.32 Å². The van der Waals surface area contributed by atoms with E-state index in [1.807, 2.05) is 0 Å². The highest BCUT2D eigenvalue weighted by Gasteiger charge is 2.18. The number of hydrogen-bond donors (Lipinski definition) is 2. The maximum Gasteiger partial charge on any atom is 0.323 e. The molecule has 0 aliphatic carbocycles. The number of carboxylic acids is 1. The van der Waals surface area contributed by atoms with Crippen molar-refractivity contribution in [2.75, 3.05) is 0 Å². The van der Waals surface area contributed by atoms with Crippen molar-refractivity contribution in [3.63, 3.8) is 0 Å². The first-order chi connectivity index (χ1) is 8.38. The zero-order valence-corrected chi connectivity index (χ0v) is 10.6. The second-order valence-electron chi connectivity index (χ2n) is 4.08. The van der Waals surface area contributed by atoms with Gasteiger partial charge in [0.05, 0.1) is 6.54 Å². The van der Waals surface area contributed by atoms with E-state index in [4.69, 9.17) is 5.11 Å². The van der Waals surface area contributed by atoms with Gasteiger partial charge >= 0.3 is 5.97 Å². The number of nitrogens with one attached hydrogen (secondary N) is 1. The van der Waals surface area contributed by atoms with Crippen molar-refractivity contribution in [1.82, 2.24) is 9.88 Å². The van der Waals surface area contributed by atoms with Gasteiger partial charge in [-0.1, -0.05) is 0 Å². The molecule has 0 saturated carbocycles. The number of rotatable bonds is 5. The lowest BCUT2D eigenvalue weighted by Crippen LogP contribution is -2.23. The molecule has 6 heteroatoms. The summed E-state index contributed by atoms with van der Waals surface area (Å²) in [5.41, 5.74) is 2.44. The molecule has 1 heterocycles. The van der Waals surface area contributed by atoms with Crippen molar-refractivity contribution in [3.8, 4) is 0 Å². The van der Waals surface area contributed by atoms with E-state index in [-0.39, 0.29) is 19.0 Å². The molecular formula is C12H16N2O4. The molecule has 98 valence electrons. The smallest absolute Gasteiger partial charge is 0.323 e. The molecule has 18 heavy (non-hydrogen) atoms. The van der Waals surface area contributed by atoms with Crippen molar-refractivity contribution in [2.24, 2.45) is 0 Å². The Morgan fingerprint density at radius 2 is 2.00 bits per heavy atom. The van der Waals surface area contributed by atoms with Gasteiger partial charge in [0.2, 0.25) is 5.91 Å². The fraction of sp³-hybridized carbons (Fsp3) is 0.417. The van der Waals surface area contributed by atoms with Gasteiger partial charge in [-0.2, -0.15) is 0 Å². The predicted molar refractivity (Wildman–Crippen MR) is 64.5 cm³/mol. The summed E-state index contributed by atoms with van der Waals surface area (Å²) >= 11 is 0. The molecule has 2 N–H and O–H groups in total. The van der Waals surface area contributed by atoms with Gasteiger partial charge in [-0.3, -0.25) is 14.4 Å². The van der Waals surface area contributed by atoms with Crippen molar-refractivity contribution in [1.29, 1.82) is 0 Å². The van der Waals surface area contributed by atoms with Gasteiger partial charge in [-0.15, -0.1) is 0 Å². The van der Waals surface area contributed by atoms with Crippen molar-refractivity contribution in [3.05, 3.63) is 22.5 Å². The number of carbonyl (C=O) groups is 3. The summed E-state index contributed by atoms with van der Waals surface area (Å²) in [4.78, 5) is 32.7. The van der Waals surface area contributed by atoms with E-state index in [1.165, 1.54) is 11.5 Å². The molecule has 1 rings (SSSR count). The van der Waals surface area contributed by atoms with E-state index in [0.717, 1.165) is 0 Å². The molecule has 6 nitrogen and oxygen atoms in total. The average molecular weight is 252 g/mol. The normalized spacial score (nSPS) is 10.2. The van der Waals surface area contributed by atoms with Crippen LogP contribution in [0.3, 0.4) is 0 Å². The van der Waals surface area contributed by atoms with Gasteiger partial charge in [-0.05, 0) is 19.4 Å². The third-order valence-corrected chi connectivity index (χ3v) is 2.87. The summed E-state index contributed by atoms with van der Waals surface area (Å²) in [5.74, 6) is -1.20. The molecule has 1 aromatic heterocycles. The molecule has 0 bridgehead atoms. The number of aldehydes is 1. The molecule has 0 radical (unpaired) electrons. The van der Waals surface area contributed by atoms with Crippen LogP contribution in [0.4, 0.5) is 0 Å². The minimum Gasteiger partial charge on any atom is -0.480 e. The lowest BCUT2D eigenvalue weighted by Gasteiger charge is -2.10. The van der Waals surface area contributed by atoms with E-state index in [0.29, 0.717) is 28.8 Å². The number of aliphatic carboxylic acids is 1. The largest absolute Gasteiger partial charge is 0.480 e. The van der Waals surface area contributed by atoms with E-state index in [2.05, 4.69) is 5.32 Å². The second-order valence-corrected chi connectivity index (χ2v) is 4.08. The van der Waals surface area contributed by atoms with E-state index in [9.17, 15) is 14.4 Å². The lowest BCUT2D eigenvalue weighted by atomic mass is 10.1. The molecule has 1 aromatic rings. The lowest BCUT2D eigenvalue weighted by molar-refractivity contribution is -0.137. The summed E-state index contributed by atoms with van der Waals surface area (Å²) in [7, 11) is 0. The average Bonchev–Trinajstić information content (AvgIpc) is 2.48. The van der Waals surface area contributed by atoms with Crippen LogP contribution >= 0.6 is 0 Å². The number of carbonyl (C=O) groups excluding carboxylic acids is 2. The molecule has 0 fully saturated rings. The summed E-state index contributed by atoms with van der Waals surface area (Å²) in [6.07, 6.45) is 0.709. The third kappa shape index (κ3) is 2.77. The standard InChI is InChI=1S/C12H16N2O4/c1-7-10(6-15)8(2)14(5-12(17)18)11(7)4-13-9(3)16/h6H,4-5H2,1-3H3,(H,13,16)(H,17,18). The number of aromatic nitrogens is 1. The van der Waals surface area contributed by atoms with Crippen molar-refractivity contribution in [2.45, 2.75) is 33.9 Å². The topological polar surface area (TPSA) is 88.4 Å². The molecule has 0 aliphatic rings. The molecule has 0 spiro atoms. The van der Waals surface area contributed by atoms with Crippen LogP contribution in [0.1, 0.15) is 34.2 Å². The molecule has 0 aromatic carbocycles. The van der Waals surface area contributed by atoms with Gasteiger partial charge in [-0.25, -0.2) is 0 Å². The van der Waals surface area contributed by atoms with Crippen LogP contribution in [0.2, 0.25) is 0 Å². The maximum atomic E-state index is 11.0. The maximum absolute atomic E-state index is 11.0. The zero-order chi connectivity index (χ0) is 13.9. The summed E-state index contributed by atoms with van der Waals surface area (Å²) < 4.78 is 1.54. The monoisotopic (exact) mass is 252 g/mol. The first-order valence-electron chi connectivity index (χ1n) is 5.48. The molecule has 0 atom stereocenters. The van der Waals surface area contributed by atoms with Gasteiger partial charge < -0.3 is 15.0 Å². The molecule has 0 saturated heterocycles. The van der Waals surface area contributed by atoms with Gasteiger partial charge in [0.1, 0.15) is 6.54 Å². The predicted octanol–water partition coefficient (Wildman–Crippen LogP) is 0.638. The SMILES string of the molecule is CC(=O)NCc1c(C)c(C=O)c(C)n1CC(=O)O. The van der Waals surface area contributed by atoms with Crippen molar-refractivity contribution >= 4 is 18.2 Å². The highest BCUT2D eigenvalue weighted by molar-refractivity contribution is 5.81. The Balaban J connectivity index is 3.22. The van der Waals surface area contributed by atoms with Crippen LogP contribution in [-0.4, -0.2) is 27.8 Å². The van der Waals surface area contributed by atoms with Crippen LogP contribution in [0.15, 0.2) is 0 Å².